The van der Waals surface area contributed by atoms with Gasteiger partial charge in [-0.1, -0.05) is 25.1 Å². The molecule has 5 heteroatoms. The Hall–Kier alpha value is -1.88. The van der Waals surface area contributed by atoms with Crippen LogP contribution in [0.2, 0.25) is 0 Å². The van der Waals surface area contributed by atoms with E-state index in [0.717, 1.165) is 25.8 Å². The maximum atomic E-state index is 12.5. The van der Waals surface area contributed by atoms with E-state index in [4.69, 9.17) is 5.11 Å². The Morgan fingerprint density at radius 3 is 2.75 bits per heavy atom. The molecule has 108 valence electrons. The number of carbonyl (C=O) groups is 2. The van der Waals surface area contributed by atoms with Crippen LogP contribution in [0.15, 0.2) is 24.3 Å². The first-order chi connectivity index (χ1) is 9.57. The van der Waals surface area contributed by atoms with Crippen molar-refractivity contribution < 1.29 is 14.7 Å². The molecule has 0 spiro atoms. The largest absolute Gasteiger partial charge is 0.481 e. The van der Waals surface area contributed by atoms with Crippen molar-refractivity contribution in [1.82, 2.24) is 5.32 Å². The zero-order valence-corrected chi connectivity index (χ0v) is 11.6. The van der Waals surface area contributed by atoms with E-state index in [1.807, 2.05) is 6.92 Å². The topological polar surface area (TPSA) is 78.4 Å². The molecule has 5 nitrogen and oxygen atoms in total. The van der Waals surface area contributed by atoms with Gasteiger partial charge in [-0.25, -0.2) is 0 Å². The number of rotatable bonds is 5. The Bertz CT molecular complexity index is 508. The lowest BCUT2D eigenvalue weighted by Gasteiger charge is -2.27. The molecule has 1 saturated heterocycles. The van der Waals surface area contributed by atoms with Crippen molar-refractivity contribution in [2.75, 3.05) is 11.9 Å². The molecule has 1 unspecified atom stereocenters. The van der Waals surface area contributed by atoms with Crippen LogP contribution in [0.5, 0.6) is 0 Å². The monoisotopic (exact) mass is 276 g/mol. The van der Waals surface area contributed by atoms with Gasteiger partial charge in [0, 0.05) is 5.69 Å². The molecule has 1 aromatic carbocycles. The van der Waals surface area contributed by atoms with Crippen molar-refractivity contribution in [3.8, 4) is 0 Å². The van der Waals surface area contributed by atoms with E-state index in [1.165, 1.54) is 0 Å². The second-order valence-corrected chi connectivity index (χ2v) is 5.15. The van der Waals surface area contributed by atoms with Crippen molar-refractivity contribution in [1.29, 1.82) is 0 Å². The van der Waals surface area contributed by atoms with Crippen LogP contribution in [0.25, 0.3) is 0 Å². The molecule has 20 heavy (non-hydrogen) atoms. The molecule has 1 aliphatic rings. The Kier molecular flexibility index (Phi) is 4.39. The van der Waals surface area contributed by atoms with Crippen LogP contribution in [0.4, 0.5) is 5.69 Å². The summed E-state index contributed by atoms with van der Waals surface area (Å²) in [6, 6.07) is 7.04. The number of carbonyl (C=O) groups excluding carboxylic acids is 1. The normalized spacial score (nSPS) is 21.6. The molecule has 1 aliphatic heterocycles. The molecular weight excluding hydrogens is 256 g/mol. The second kappa shape index (κ2) is 6.05. The van der Waals surface area contributed by atoms with Crippen molar-refractivity contribution >= 4 is 17.6 Å². The lowest BCUT2D eigenvalue weighted by molar-refractivity contribution is -0.136. The summed E-state index contributed by atoms with van der Waals surface area (Å²) in [5, 5.41) is 15.1. The number of anilines is 1. The molecular formula is C15H20N2O3. The Labute approximate surface area is 118 Å². The molecule has 0 bridgehead atoms. The highest BCUT2D eigenvalue weighted by atomic mass is 16.4. The molecule has 1 heterocycles. The maximum absolute atomic E-state index is 12.5. The molecule has 0 aromatic heterocycles. The smallest absolute Gasteiger partial charge is 0.307 e. The minimum absolute atomic E-state index is 0.0738. The summed E-state index contributed by atoms with van der Waals surface area (Å²) in [7, 11) is 0. The van der Waals surface area contributed by atoms with Crippen molar-refractivity contribution in [3.05, 3.63) is 29.8 Å². The fraction of sp³-hybridized carbons (Fsp3) is 0.467. The van der Waals surface area contributed by atoms with Gasteiger partial charge in [0.15, 0.2) is 0 Å². The number of carboxylic acids is 1. The third-order valence-electron chi connectivity index (χ3n) is 3.89. The van der Waals surface area contributed by atoms with Gasteiger partial charge in [0.05, 0.1) is 12.0 Å². The number of nitrogens with one attached hydrogen (secondary N) is 2. The molecule has 0 aliphatic carbocycles. The number of hydrogen-bond acceptors (Lipinski definition) is 3. The van der Waals surface area contributed by atoms with Crippen LogP contribution in [-0.4, -0.2) is 29.1 Å². The summed E-state index contributed by atoms with van der Waals surface area (Å²) in [5.74, 6) is -0.980. The third-order valence-corrected chi connectivity index (χ3v) is 3.89. The first-order valence-electron chi connectivity index (χ1n) is 6.93. The zero-order valence-electron chi connectivity index (χ0n) is 11.6. The zero-order chi connectivity index (χ0) is 14.6. The van der Waals surface area contributed by atoms with E-state index >= 15 is 0 Å². The van der Waals surface area contributed by atoms with Gasteiger partial charge >= 0.3 is 5.97 Å². The average Bonchev–Trinajstić information content (AvgIpc) is 2.90. The predicted molar refractivity (Wildman–Crippen MR) is 76.7 cm³/mol. The molecule has 2 rings (SSSR count). The Morgan fingerprint density at radius 1 is 1.40 bits per heavy atom. The minimum atomic E-state index is -0.907. The number of amides is 1. The SMILES string of the molecule is CCC1(C(=O)Nc2ccccc2CC(=O)O)CCCN1. The van der Waals surface area contributed by atoms with Crippen LogP contribution in [0, 0.1) is 0 Å². The van der Waals surface area contributed by atoms with Gasteiger partial charge in [-0.3, -0.25) is 9.59 Å². The van der Waals surface area contributed by atoms with Gasteiger partial charge < -0.3 is 15.7 Å². The van der Waals surface area contributed by atoms with E-state index in [9.17, 15) is 9.59 Å². The molecule has 1 aromatic rings. The molecule has 0 radical (unpaired) electrons. The van der Waals surface area contributed by atoms with Crippen LogP contribution >= 0.6 is 0 Å². The van der Waals surface area contributed by atoms with Gasteiger partial charge in [-0.05, 0) is 37.4 Å². The summed E-state index contributed by atoms with van der Waals surface area (Å²) in [4.78, 5) is 23.3. The highest BCUT2D eigenvalue weighted by Crippen LogP contribution is 2.26. The summed E-state index contributed by atoms with van der Waals surface area (Å²) < 4.78 is 0. The standard InChI is InChI=1S/C15H20N2O3/c1-2-15(8-5-9-16-15)14(20)17-12-7-4-3-6-11(12)10-13(18)19/h3-4,6-7,16H,2,5,8-10H2,1H3,(H,17,20)(H,18,19). The van der Waals surface area contributed by atoms with E-state index in [-0.39, 0.29) is 12.3 Å². The fourth-order valence-electron chi connectivity index (χ4n) is 2.66. The summed E-state index contributed by atoms with van der Waals surface area (Å²) in [5.41, 5.74) is 0.690. The first kappa shape index (κ1) is 14.5. The van der Waals surface area contributed by atoms with E-state index < -0.39 is 11.5 Å². The minimum Gasteiger partial charge on any atom is -0.481 e. The van der Waals surface area contributed by atoms with Gasteiger partial charge in [0.1, 0.15) is 0 Å². The van der Waals surface area contributed by atoms with Gasteiger partial charge in [-0.15, -0.1) is 0 Å². The van der Waals surface area contributed by atoms with Gasteiger partial charge in [-0.2, -0.15) is 0 Å². The van der Waals surface area contributed by atoms with Crippen molar-refractivity contribution in [3.63, 3.8) is 0 Å². The third kappa shape index (κ3) is 2.99. The highest BCUT2D eigenvalue weighted by Gasteiger charge is 2.39. The number of para-hydroxylation sites is 1. The van der Waals surface area contributed by atoms with Crippen molar-refractivity contribution in [2.45, 2.75) is 38.1 Å². The fourth-order valence-corrected chi connectivity index (χ4v) is 2.66. The summed E-state index contributed by atoms with van der Waals surface area (Å²) in [6.07, 6.45) is 2.43. The van der Waals surface area contributed by atoms with Gasteiger partial charge in [0.25, 0.3) is 0 Å². The second-order valence-electron chi connectivity index (χ2n) is 5.15. The Morgan fingerprint density at radius 2 is 2.15 bits per heavy atom. The predicted octanol–water partition coefficient (Wildman–Crippen LogP) is 1.78. The molecule has 1 amide bonds. The summed E-state index contributed by atoms with van der Waals surface area (Å²) in [6.45, 7) is 2.83. The molecule has 1 atom stereocenters. The maximum Gasteiger partial charge on any atom is 0.307 e. The number of aliphatic carboxylic acids is 1. The van der Waals surface area contributed by atoms with Crippen LogP contribution in [-0.2, 0) is 16.0 Å². The van der Waals surface area contributed by atoms with Gasteiger partial charge in [0.2, 0.25) is 5.91 Å². The van der Waals surface area contributed by atoms with E-state index in [1.54, 1.807) is 24.3 Å². The molecule has 0 saturated carbocycles. The lowest BCUT2D eigenvalue weighted by Crippen LogP contribution is -2.50. The molecule has 3 N–H and O–H groups in total. The first-order valence-corrected chi connectivity index (χ1v) is 6.93. The Balaban J connectivity index is 2.17. The number of carboxylic acid groups (broad SMARTS) is 1. The van der Waals surface area contributed by atoms with Crippen molar-refractivity contribution in [2.24, 2.45) is 0 Å². The van der Waals surface area contributed by atoms with E-state index in [2.05, 4.69) is 10.6 Å². The molecule has 1 fully saturated rings. The van der Waals surface area contributed by atoms with E-state index in [0.29, 0.717) is 11.3 Å². The highest BCUT2D eigenvalue weighted by molar-refractivity contribution is 5.99. The quantitative estimate of drug-likeness (QED) is 0.766. The number of benzene rings is 1. The summed E-state index contributed by atoms with van der Waals surface area (Å²) >= 11 is 0. The number of hydrogen-bond donors (Lipinski definition) is 3. The van der Waals surface area contributed by atoms with Crippen LogP contribution in [0.3, 0.4) is 0 Å². The van der Waals surface area contributed by atoms with Crippen LogP contribution in [0.1, 0.15) is 31.7 Å². The lowest BCUT2D eigenvalue weighted by atomic mass is 9.93. The van der Waals surface area contributed by atoms with Crippen LogP contribution < -0.4 is 10.6 Å². The average molecular weight is 276 g/mol.